The first-order valence-corrected chi connectivity index (χ1v) is 12.5. The molecule has 2 fully saturated rings. The van der Waals surface area contributed by atoms with Crippen molar-refractivity contribution in [1.82, 2.24) is 0 Å². The van der Waals surface area contributed by atoms with E-state index in [1.807, 2.05) is 31.2 Å². The molecule has 0 saturated carbocycles. The van der Waals surface area contributed by atoms with Crippen LogP contribution in [0.3, 0.4) is 0 Å². The van der Waals surface area contributed by atoms with Gasteiger partial charge in [-0.15, -0.1) is 0 Å². The van der Waals surface area contributed by atoms with Crippen LogP contribution in [0.5, 0.6) is 0 Å². The second kappa shape index (κ2) is 7.95. The van der Waals surface area contributed by atoms with E-state index in [-0.39, 0.29) is 35.1 Å². The Hall–Kier alpha value is -1.54. The number of carbonyl (C=O) groups excluding carboxylic acids is 1. The molecule has 29 heavy (non-hydrogen) atoms. The molecule has 4 rings (SSSR count). The number of hydrogen-bond acceptors (Lipinski definition) is 4. The Labute approximate surface area is 184 Å². The van der Waals surface area contributed by atoms with Gasteiger partial charge in [0, 0.05) is 5.25 Å². The van der Waals surface area contributed by atoms with Crippen molar-refractivity contribution in [2.24, 2.45) is 4.99 Å². The number of rotatable bonds is 3. The maximum Gasteiger partial charge on any atom is 0.252 e. The van der Waals surface area contributed by atoms with Crippen LogP contribution in [0.4, 0.5) is 5.69 Å². The molecule has 2 heterocycles. The van der Waals surface area contributed by atoms with Crippen LogP contribution in [-0.2, 0) is 21.1 Å². The molecule has 0 unspecified atom stereocenters. The van der Waals surface area contributed by atoms with E-state index in [0.717, 1.165) is 11.1 Å². The zero-order chi connectivity index (χ0) is 20.8. The van der Waals surface area contributed by atoms with Crippen LogP contribution in [0.25, 0.3) is 0 Å². The van der Waals surface area contributed by atoms with Gasteiger partial charge < -0.3 is 4.90 Å². The molecule has 9 heteroatoms. The molecular formula is C20H18Cl2N2O3S2. The maximum absolute atomic E-state index is 12.6. The number of sulfone groups is 1. The smallest absolute Gasteiger partial charge is 0.252 e. The first-order valence-electron chi connectivity index (χ1n) is 9.01. The minimum atomic E-state index is -3.15. The molecule has 2 aromatic rings. The number of aryl methyl sites for hydroxylation is 1. The largest absolute Gasteiger partial charge is 0.314 e. The number of hydrogen-bond donors (Lipinski definition) is 0. The number of carbonyl (C=O) groups is 1. The number of nitrogens with zero attached hydrogens (tertiary/aromatic N) is 2. The Morgan fingerprint density at radius 2 is 1.90 bits per heavy atom. The molecule has 2 atom stereocenters. The van der Waals surface area contributed by atoms with Gasteiger partial charge in [0.1, 0.15) is 0 Å². The number of fused-ring (bicyclic) bond motifs is 1. The van der Waals surface area contributed by atoms with Gasteiger partial charge in [0.2, 0.25) is 0 Å². The Morgan fingerprint density at radius 1 is 1.17 bits per heavy atom. The fraction of sp³-hybridized carbons (Fsp3) is 0.300. The van der Waals surface area contributed by atoms with Crippen LogP contribution in [-0.4, -0.2) is 42.3 Å². The van der Waals surface area contributed by atoms with Gasteiger partial charge in [-0.05, 0) is 24.6 Å². The fourth-order valence-electron chi connectivity index (χ4n) is 3.55. The SMILES string of the molecule is Cc1ccc(CC(=O)N=C2S[C@@H]3CS(=O)(=O)C[C@H]3N2c2cccc(Cl)c2Cl)cc1. The van der Waals surface area contributed by atoms with E-state index in [4.69, 9.17) is 23.2 Å². The first kappa shape index (κ1) is 20.7. The zero-order valence-electron chi connectivity index (χ0n) is 15.5. The lowest BCUT2D eigenvalue weighted by Gasteiger charge is -2.25. The van der Waals surface area contributed by atoms with Crippen molar-refractivity contribution < 1.29 is 13.2 Å². The highest BCUT2D eigenvalue weighted by Crippen LogP contribution is 2.44. The normalized spacial score (nSPS) is 24.1. The zero-order valence-corrected chi connectivity index (χ0v) is 18.7. The van der Waals surface area contributed by atoms with E-state index in [1.165, 1.54) is 11.8 Å². The molecule has 0 bridgehead atoms. The van der Waals surface area contributed by atoms with Crippen LogP contribution in [0.2, 0.25) is 10.0 Å². The fourth-order valence-corrected chi connectivity index (χ4v) is 7.86. The third kappa shape index (κ3) is 4.33. The Morgan fingerprint density at radius 3 is 2.62 bits per heavy atom. The van der Waals surface area contributed by atoms with E-state index < -0.39 is 9.84 Å². The lowest BCUT2D eigenvalue weighted by molar-refractivity contribution is -0.117. The van der Waals surface area contributed by atoms with Crippen molar-refractivity contribution in [3.63, 3.8) is 0 Å². The van der Waals surface area contributed by atoms with Crippen LogP contribution in [0.1, 0.15) is 11.1 Å². The molecule has 2 aromatic carbocycles. The second-order valence-corrected chi connectivity index (χ2v) is 11.3. The van der Waals surface area contributed by atoms with Crippen LogP contribution < -0.4 is 4.90 Å². The predicted molar refractivity (Wildman–Crippen MR) is 120 cm³/mol. The Bertz CT molecular complexity index is 1100. The van der Waals surface area contributed by atoms with Gasteiger partial charge in [0.05, 0.1) is 39.7 Å². The Balaban J connectivity index is 1.67. The standard InChI is InChI=1S/C20H18Cl2N2O3S2/c1-12-5-7-13(8-6-12)9-18(25)23-20-24(15-4-2-3-14(21)19(15)22)16-10-29(26,27)11-17(16)28-20/h2-8,16-17H,9-11H2,1H3/t16-,17-/m1/s1. The van der Waals surface area contributed by atoms with Crippen LogP contribution in [0, 0.1) is 6.92 Å². The highest BCUT2D eigenvalue weighted by atomic mass is 35.5. The molecule has 152 valence electrons. The molecule has 0 spiro atoms. The Kier molecular flexibility index (Phi) is 5.68. The van der Waals surface area contributed by atoms with Crippen LogP contribution >= 0.6 is 35.0 Å². The van der Waals surface area contributed by atoms with Crippen molar-refractivity contribution in [3.05, 3.63) is 63.6 Å². The third-order valence-corrected chi connectivity index (χ3v) is 8.97. The van der Waals surface area contributed by atoms with E-state index >= 15 is 0 Å². The van der Waals surface area contributed by atoms with Gasteiger partial charge in [-0.25, -0.2) is 8.42 Å². The minimum absolute atomic E-state index is 0.00131. The summed E-state index contributed by atoms with van der Waals surface area (Å²) in [5.74, 6) is -0.233. The molecule has 2 aliphatic rings. The summed E-state index contributed by atoms with van der Waals surface area (Å²) in [6.07, 6.45) is 0.176. The van der Waals surface area contributed by atoms with Crippen molar-refractivity contribution in [2.45, 2.75) is 24.6 Å². The number of thioether (sulfide) groups is 1. The number of anilines is 1. The summed E-state index contributed by atoms with van der Waals surface area (Å²) in [7, 11) is -3.15. The maximum atomic E-state index is 12.6. The van der Waals surface area contributed by atoms with E-state index in [2.05, 4.69) is 4.99 Å². The molecule has 2 saturated heterocycles. The molecular weight excluding hydrogens is 451 g/mol. The number of halogens is 2. The first-order chi connectivity index (χ1) is 13.7. The van der Waals surface area contributed by atoms with E-state index in [1.54, 1.807) is 23.1 Å². The summed E-state index contributed by atoms with van der Waals surface area (Å²) in [6, 6.07) is 12.6. The summed E-state index contributed by atoms with van der Waals surface area (Å²) in [5, 5.41) is 0.958. The minimum Gasteiger partial charge on any atom is -0.314 e. The van der Waals surface area contributed by atoms with Gasteiger partial charge in [-0.1, -0.05) is 70.9 Å². The van der Waals surface area contributed by atoms with E-state index in [0.29, 0.717) is 20.9 Å². The molecule has 0 N–H and O–H groups in total. The topological polar surface area (TPSA) is 66.8 Å². The molecule has 0 radical (unpaired) electrons. The molecule has 2 aliphatic heterocycles. The summed E-state index contributed by atoms with van der Waals surface area (Å²) in [5.41, 5.74) is 2.57. The van der Waals surface area contributed by atoms with Crippen molar-refractivity contribution in [1.29, 1.82) is 0 Å². The highest BCUT2D eigenvalue weighted by molar-refractivity contribution is 8.16. The second-order valence-electron chi connectivity index (χ2n) is 7.19. The monoisotopic (exact) mass is 468 g/mol. The third-order valence-electron chi connectivity index (χ3n) is 4.95. The van der Waals surface area contributed by atoms with Crippen molar-refractivity contribution >= 4 is 61.6 Å². The summed E-state index contributed by atoms with van der Waals surface area (Å²) >= 11 is 13.9. The lowest BCUT2D eigenvalue weighted by atomic mass is 10.1. The number of amides is 1. The molecule has 0 aromatic heterocycles. The van der Waals surface area contributed by atoms with Crippen LogP contribution in [0.15, 0.2) is 47.5 Å². The lowest BCUT2D eigenvalue weighted by Crippen LogP contribution is -2.38. The van der Waals surface area contributed by atoms with Gasteiger partial charge >= 0.3 is 0 Å². The quantitative estimate of drug-likeness (QED) is 0.676. The number of amidine groups is 1. The molecule has 5 nitrogen and oxygen atoms in total. The number of aliphatic imine (C=N–C) groups is 1. The van der Waals surface area contributed by atoms with Gasteiger partial charge in [-0.2, -0.15) is 4.99 Å². The molecule has 1 amide bonds. The van der Waals surface area contributed by atoms with Gasteiger partial charge in [0.15, 0.2) is 15.0 Å². The summed E-state index contributed by atoms with van der Waals surface area (Å²) in [4.78, 5) is 18.7. The van der Waals surface area contributed by atoms with Gasteiger partial charge in [-0.3, -0.25) is 4.79 Å². The van der Waals surface area contributed by atoms with Crippen molar-refractivity contribution in [3.8, 4) is 0 Å². The van der Waals surface area contributed by atoms with Crippen molar-refractivity contribution in [2.75, 3.05) is 16.4 Å². The van der Waals surface area contributed by atoms with Gasteiger partial charge in [0.25, 0.3) is 5.91 Å². The predicted octanol–water partition coefficient (Wildman–Crippen LogP) is 4.15. The average molecular weight is 469 g/mol. The highest BCUT2D eigenvalue weighted by Gasteiger charge is 2.49. The van der Waals surface area contributed by atoms with E-state index in [9.17, 15) is 13.2 Å². The number of benzene rings is 2. The molecule has 0 aliphatic carbocycles. The summed E-state index contributed by atoms with van der Waals surface area (Å²) < 4.78 is 24.3. The average Bonchev–Trinajstić information content (AvgIpc) is 3.10. The summed E-state index contributed by atoms with van der Waals surface area (Å²) in [6.45, 7) is 1.99.